The maximum atomic E-state index is 12.3. The smallest absolute Gasteiger partial charge is 0.234 e. The summed E-state index contributed by atoms with van der Waals surface area (Å²) in [6.45, 7) is 4.53. The highest BCUT2D eigenvalue weighted by atomic mass is 35.5. The zero-order valence-electron chi connectivity index (χ0n) is 17.3. The molecule has 0 aliphatic rings. The zero-order valence-corrected chi connectivity index (χ0v) is 19.6. The van der Waals surface area contributed by atoms with Gasteiger partial charge in [-0.05, 0) is 44.2 Å². The number of methoxy groups -OCH3 is 1. The molecule has 0 saturated carbocycles. The van der Waals surface area contributed by atoms with Gasteiger partial charge in [0, 0.05) is 28.3 Å². The predicted molar refractivity (Wildman–Crippen MR) is 124 cm³/mol. The van der Waals surface area contributed by atoms with Gasteiger partial charge in [-0.2, -0.15) is 0 Å². The summed E-state index contributed by atoms with van der Waals surface area (Å²) in [5, 5.41) is 12.8. The Morgan fingerprint density at radius 2 is 1.87 bits per heavy atom. The summed E-state index contributed by atoms with van der Waals surface area (Å²) in [4.78, 5) is 12.3. The van der Waals surface area contributed by atoms with E-state index in [1.807, 2.05) is 42.7 Å². The number of benzene rings is 2. The Hall–Kier alpha value is -2.42. The fraction of sp³-hybridized carbons (Fsp3) is 0.286. The molecule has 0 saturated heterocycles. The van der Waals surface area contributed by atoms with Gasteiger partial charge < -0.3 is 19.4 Å². The van der Waals surface area contributed by atoms with E-state index in [9.17, 15) is 4.79 Å². The van der Waals surface area contributed by atoms with Gasteiger partial charge in [0.05, 0.1) is 12.9 Å². The van der Waals surface area contributed by atoms with E-state index in [0.717, 1.165) is 0 Å². The molecule has 1 N–H and O–H groups in total. The van der Waals surface area contributed by atoms with Crippen LogP contribution < -0.4 is 14.8 Å². The fourth-order valence-corrected chi connectivity index (χ4v) is 4.22. The Morgan fingerprint density at radius 1 is 1.16 bits per heavy atom. The number of aromatic nitrogens is 3. The molecule has 3 rings (SSSR count). The van der Waals surface area contributed by atoms with Crippen molar-refractivity contribution in [2.45, 2.75) is 31.7 Å². The minimum absolute atomic E-state index is 0.160. The van der Waals surface area contributed by atoms with Crippen LogP contribution in [-0.2, 0) is 11.3 Å². The van der Waals surface area contributed by atoms with Crippen LogP contribution >= 0.6 is 35.0 Å². The van der Waals surface area contributed by atoms with E-state index in [1.54, 1.807) is 25.3 Å². The second-order valence-electron chi connectivity index (χ2n) is 6.52. The van der Waals surface area contributed by atoms with E-state index in [4.69, 9.17) is 32.7 Å². The second kappa shape index (κ2) is 10.7. The molecular formula is C21H22Cl2N4O3S. The summed E-state index contributed by atoms with van der Waals surface area (Å²) in [5.41, 5.74) is 0.543. The monoisotopic (exact) mass is 480 g/mol. The molecule has 1 aromatic heterocycles. The topological polar surface area (TPSA) is 78.3 Å². The minimum atomic E-state index is -0.337. The van der Waals surface area contributed by atoms with Crippen molar-refractivity contribution in [2.24, 2.45) is 0 Å². The molecule has 0 aliphatic heterocycles. The van der Waals surface area contributed by atoms with Gasteiger partial charge in [0.2, 0.25) is 5.91 Å². The number of ether oxygens (including phenoxy) is 2. The molecule has 1 heterocycles. The van der Waals surface area contributed by atoms with Crippen molar-refractivity contribution in [3.8, 4) is 11.5 Å². The molecular weight excluding hydrogens is 459 g/mol. The molecule has 31 heavy (non-hydrogen) atoms. The van der Waals surface area contributed by atoms with E-state index in [0.29, 0.717) is 44.8 Å². The summed E-state index contributed by atoms with van der Waals surface area (Å²) in [6.07, 6.45) is -0.337. The highest BCUT2D eigenvalue weighted by Crippen LogP contribution is 2.27. The van der Waals surface area contributed by atoms with Crippen molar-refractivity contribution in [1.29, 1.82) is 0 Å². The molecule has 0 fully saturated rings. The van der Waals surface area contributed by atoms with Crippen molar-refractivity contribution in [3.05, 3.63) is 58.3 Å². The minimum Gasteiger partial charge on any atom is -0.497 e. The normalized spacial score (nSPS) is 11.8. The van der Waals surface area contributed by atoms with E-state index in [1.165, 1.54) is 11.8 Å². The first-order valence-corrected chi connectivity index (χ1v) is 11.3. The van der Waals surface area contributed by atoms with Gasteiger partial charge in [0.1, 0.15) is 11.5 Å². The summed E-state index contributed by atoms with van der Waals surface area (Å²) >= 11 is 13.2. The zero-order chi connectivity index (χ0) is 22.4. The largest absolute Gasteiger partial charge is 0.497 e. The third-order valence-corrected chi connectivity index (χ3v) is 5.66. The molecule has 164 valence electrons. The summed E-state index contributed by atoms with van der Waals surface area (Å²) in [5.74, 6) is 2.02. The lowest BCUT2D eigenvalue weighted by Gasteiger charge is -2.16. The van der Waals surface area contributed by atoms with Crippen LogP contribution in [0.1, 0.15) is 25.8 Å². The highest BCUT2D eigenvalue weighted by Gasteiger charge is 2.19. The van der Waals surface area contributed by atoms with Gasteiger partial charge in [0.25, 0.3) is 0 Å². The molecule has 0 aliphatic carbocycles. The maximum Gasteiger partial charge on any atom is 0.234 e. The Balaban J connectivity index is 1.64. The Morgan fingerprint density at radius 3 is 2.55 bits per heavy atom. The first kappa shape index (κ1) is 23.2. The van der Waals surface area contributed by atoms with Crippen molar-refractivity contribution < 1.29 is 14.3 Å². The molecule has 3 aromatic rings. The number of anilines is 1. The van der Waals surface area contributed by atoms with Gasteiger partial charge in [0.15, 0.2) is 17.1 Å². The first-order chi connectivity index (χ1) is 14.9. The van der Waals surface area contributed by atoms with Gasteiger partial charge in [-0.3, -0.25) is 4.79 Å². The van der Waals surface area contributed by atoms with Crippen LogP contribution in [-0.4, -0.2) is 33.5 Å². The number of hydrogen-bond acceptors (Lipinski definition) is 6. The number of carbonyl (C=O) groups is 1. The van der Waals surface area contributed by atoms with Crippen LogP contribution in [0, 0.1) is 0 Å². The molecule has 10 heteroatoms. The Bertz CT molecular complexity index is 1040. The van der Waals surface area contributed by atoms with Crippen LogP contribution in [0.4, 0.5) is 5.69 Å². The molecule has 0 radical (unpaired) electrons. The van der Waals surface area contributed by atoms with Crippen molar-refractivity contribution in [3.63, 3.8) is 0 Å². The summed E-state index contributed by atoms with van der Waals surface area (Å²) < 4.78 is 13.2. The molecule has 1 amide bonds. The summed E-state index contributed by atoms with van der Waals surface area (Å²) in [6, 6.07) is 12.3. The standard InChI is InChI=1S/C21H22Cl2N4O3S/c1-4-27-20(13(2)30-18-7-5-6-17(11-18)29-3)25-26-21(27)31-12-19(28)24-16-9-14(22)8-15(23)10-16/h5-11,13H,4,12H2,1-3H3,(H,24,28). The van der Waals surface area contributed by atoms with Crippen LogP contribution in [0.25, 0.3) is 0 Å². The number of amides is 1. The number of halogens is 2. The Kier molecular flexibility index (Phi) is 8.06. The highest BCUT2D eigenvalue weighted by molar-refractivity contribution is 7.99. The second-order valence-corrected chi connectivity index (χ2v) is 8.33. The molecule has 0 bridgehead atoms. The number of hydrogen-bond donors (Lipinski definition) is 1. The summed E-state index contributed by atoms with van der Waals surface area (Å²) in [7, 11) is 1.61. The van der Waals surface area contributed by atoms with Gasteiger partial charge in [-0.15, -0.1) is 10.2 Å². The number of rotatable bonds is 9. The third-order valence-electron chi connectivity index (χ3n) is 4.26. The Labute approximate surface area is 195 Å². The van der Waals surface area contributed by atoms with Crippen LogP contribution in [0.5, 0.6) is 11.5 Å². The fourth-order valence-electron chi connectivity index (χ4n) is 2.89. The average molecular weight is 481 g/mol. The van der Waals surface area contributed by atoms with E-state index in [-0.39, 0.29) is 17.8 Å². The van der Waals surface area contributed by atoms with Crippen LogP contribution in [0.15, 0.2) is 47.6 Å². The lowest BCUT2D eigenvalue weighted by molar-refractivity contribution is -0.113. The van der Waals surface area contributed by atoms with Crippen LogP contribution in [0.3, 0.4) is 0 Å². The number of thioether (sulfide) groups is 1. The first-order valence-electron chi connectivity index (χ1n) is 9.52. The average Bonchev–Trinajstić information content (AvgIpc) is 3.14. The maximum absolute atomic E-state index is 12.3. The van der Waals surface area contributed by atoms with Crippen molar-refractivity contribution in [2.75, 3.05) is 18.2 Å². The molecule has 1 unspecified atom stereocenters. The van der Waals surface area contributed by atoms with Crippen LogP contribution in [0.2, 0.25) is 10.0 Å². The van der Waals surface area contributed by atoms with E-state index in [2.05, 4.69) is 15.5 Å². The lowest BCUT2D eigenvalue weighted by atomic mass is 10.3. The van der Waals surface area contributed by atoms with E-state index >= 15 is 0 Å². The molecule has 2 aromatic carbocycles. The molecule has 1 atom stereocenters. The molecule has 7 nitrogen and oxygen atoms in total. The van der Waals surface area contributed by atoms with Crippen molar-refractivity contribution in [1.82, 2.24) is 14.8 Å². The SMILES string of the molecule is CCn1c(SCC(=O)Nc2cc(Cl)cc(Cl)c2)nnc1C(C)Oc1cccc(OC)c1. The van der Waals surface area contributed by atoms with Gasteiger partial charge in [-0.1, -0.05) is 41.0 Å². The number of carbonyl (C=O) groups excluding carboxylic acids is 1. The lowest BCUT2D eigenvalue weighted by Crippen LogP contribution is -2.15. The van der Waals surface area contributed by atoms with Gasteiger partial charge in [-0.25, -0.2) is 0 Å². The van der Waals surface area contributed by atoms with Gasteiger partial charge >= 0.3 is 0 Å². The number of nitrogens with zero attached hydrogens (tertiary/aromatic N) is 3. The third kappa shape index (κ3) is 6.29. The van der Waals surface area contributed by atoms with E-state index < -0.39 is 0 Å². The predicted octanol–water partition coefficient (Wildman–Crippen LogP) is 5.48. The van der Waals surface area contributed by atoms with Crippen molar-refractivity contribution >= 4 is 46.6 Å². The quantitative estimate of drug-likeness (QED) is 0.408. The number of nitrogens with one attached hydrogen (secondary N) is 1. The molecule has 0 spiro atoms.